The normalized spacial score (nSPS) is 19.7. The van der Waals surface area contributed by atoms with E-state index in [2.05, 4.69) is 0 Å². The van der Waals surface area contributed by atoms with Gasteiger partial charge in [-0.25, -0.2) is 13.2 Å². The van der Waals surface area contributed by atoms with Gasteiger partial charge in [-0.2, -0.15) is 0 Å². The van der Waals surface area contributed by atoms with E-state index in [1.165, 1.54) is 12.1 Å². The Morgan fingerprint density at radius 2 is 1.50 bits per heavy atom. The molecule has 1 saturated carbocycles. The van der Waals surface area contributed by atoms with E-state index in [-0.39, 0.29) is 6.42 Å². The van der Waals surface area contributed by atoms with Gasteiger partial charge in [0.1, 0.15) is 17.3 Å². The molecule has 1 aliphatic carbocycles. The van der Waals surface area contributed by atoms with E-state index in [1.54, 1.807) is 0 Å². The summed E-state index contributed by atoms with van der Waals surface area (Å²) in [5.74, 6) is -1.26. The molecule has 0 spiro atoms. The Bertz CT molecular complexity index is 347. The van der Waals surface area contributed by atoms with Crippen LogP contribution < -0.4 is 0 Å². The summed E-state index contributed by atoms with van der Waals surface area (Å²) in [7, 11) is 0. The van der Waals surface area contributed by atoms with Gasteiger partial charge in [-0.3, -0.25) is 0 Å². The summed E-state index contributed by atoms with van der Waals surface area (Å²) in [5.41, 5.74) is -0.847. The predicted molar refractivity (Wildman–Crippen MR) is 57.0 cm³/mol. The number of halogens is 3. The SMILES string of the molecule is Fc1cc(F)cc(CC2(F)CCCCC2)c1. The molecule has 0 radical (unpaired) electrons. The summed E-state index contributed by atoms with van der Waals surface area (Å²) < 4.78 is 40.2. The highest BCUT2D eigenvalue weighted by Gasteiger charge is 2.31. The first-order chi connectivity index (χ1) is 7.57. The Labute approximate surface area is 93.5 Å². The van der Waals surface area contributed by atoms with Gasteiger partial charge in [0.25, 0.3) is 0 Å². The van der Waals surface area contributed by atoms with Crippen LogP contribution in [-0.4, -0.2) is 5.67 Å². The van der Waals surface area contributed by atoms with Gasteiger partial charge in [-0.1, -0.05) is 19.3 Å². The van der Waals surface area contributed by atoms with E-state index in [0.29, 0.717) is 18.4 Å². The molecule has 0 unspecified atom stereocenters. The van der Waals surface area contributed by atoms with E-state index < -0.39 is 17.3 Å². The van der Waals surface area contributed by atoms with Crippen molar-refractivity contribution >= 4 is 0 Å². The molecular formula is C13H15F3. The summed E-state index contributed by atoms with van der Waals surface area (Å²) in [5, 5.41) is 0. The van der Waals surface area contributed by atoms with E-state index in [0.717, 1.165) is 25.3 Å². The van der Waals surface area contributed by atoms with Gasteiger partial charge in [0.2, 0.25) is 0 Å². The van der Waals surface area contributed by atoms with Crippen LogP contribution in [0.3, 0.4) is 0 Å². The lowest BCUT2D eigenvalue weighted by atomic mass is 9.82. The number of rotatable bonds is 2. The lowest BCUT2D eigenvalue weighted by molar-refractivity contribution is 0.107. The molecule has 0 aromatic heterocycles. The highest BCUT2D eigenvalue weighted by atomic mass is 19.1. The van der Waals surface area contributed by atoms with E-state index in [1.807, 2.05) is 0 Å². The molecule has 1 fully saturated rings. The second-order valence-electron chi connectivity index (χ2n) is 4.67. The molecule has 0 N–H and O–H groups in total. The van der Waals surface area contributed by atoms with Gasteiger partial charge in [-0.15, -0.1) is 0 Å². The summed E-state index contributed by atoms with van der Waals surface area (Å²) in [6.45, 7) is 0. The molecule has 1 aromatic carbocycles. The van der Waals surface area contributed by atoms with Crippen molar-refractivity contribution < 1.29 is 13.2 Å². The van der Waals surface area contributed by atoms with Crippen molar-refractivity contribution in [1.29, 1.82) is 0 Å². The largest absolute Gasteiger partial charge is 0.244 e. The van der Waals surface area contributed by atoms with Crippen LogP contribution in [0.15, 0.2) is 18.2 Å². The molecule has 1 aliphatic rings. The lowest BCUT2D eigenvalue weighted by Gasteiger charge is -2.29. The molecular weight excluding hydrogens is 213 g/mol. The fourth-order valence-corrected chi connectivity index (χ4v) is 2.44. The lowest BCUT2D eigenvalue weighted by Crippen LogP contribution is -2.28. The van der Waals surface area contributed by atoms with Crippen LogP contribution in [0.2, 0.25) is 0 Å². The van der Waals surface area contributed by atoms with Gasteiger partial charge in [0, 0.05) is 12.5 Å². The van der Waals surface area contributed by atoms with Crippen molar-refractivity contribution in [3.8, 4) is 0 Å². The Kier molecular flexibility index (Phi) is 3.22. The third-order valence-corrected chi connectivity index (χ3v) is 3.19. The minimum absolute atomic E-state index is 0.127. The topological polar surface area (TPSA) is 0 Å². The van der Waals surface area contributed by atoms with E-state index in [9.17, 15) is 13.2 Å². The second-order valence-corrected chi connectivity index (χ2v) is 4.67. The smallest absolute Gasteiger partial charge is 0.126 e. The average Bonchev–Trinajstić information content (AvgIpc) is 2.15. The molecule has 0 amide bonds. The second kappa shape index (κ2) is 4.48. The number of benzene rings is 1. The minimum Gasteiger partial charge on any atom is -0.244 e. The number of alkyl halides is 1. The van der Waals surface area contributed by atoms with Gasteiger partial charge < -0.3 is 0 Å². The Morgan fingerprint density at radius 1 is 0.938 bits per heavy atom. The molecule has 0 atom stereocenters. The fourth-order valence-electron chi connectivity index (χ4n) is 2.44. The van der Waals surface area contributed by atoms with Crippen molar-refractivity contribution in [2.45, 2.75) is 44.2 Å². The zero-order valence-corrected chi connectivity index (χ0v) is 9.11. The van der Waals surface area contributed by atoms with Crippen molar-refractivity contribution in [1.82, 2.24) is 0 Å². The first kappa shape index (κ1) is 11.5. The maximum atomic E-state index is 14.3. The third kappa shape index (κ3) is 2.77. The molecule has 0 nitrogen and oxygen atoms in total. The predicted octanol–water partition coefficient (Wildman–Crippen LogP) is 4.18. The molecule has 16 heavy (non-hydrogen) atoms. The average molecular weight is 228 g/mol. The molecule has 0 saturated heterocycles. The van der Waals surface area contributed by atoms with Crippen LogP contribution in [0.25, 0.3) is 0 Å². The quantitative estimate of drug-likeness (QED) is 0.712. The zero-order chi connectivity index (χ0) is 11.6. The third-order valence-electron chi connectivity index (χ3n) is 3.19. The molecule has 1 aromatic rings. The van der Waals surface area contributed by atoms with Gasteiger partial charge in [0.15, 0.2) is 0 Å². The molecule has 3 heteroatoms. The zero-order valence-electron chi connectivity index (χ0n) is 9.11. The molecule has 0 bridgehead atoms. The summed E-state index contributed by atoms with van der Waals surface area (Å²) in [4.78, 5) is 0. The first-order valence-corrected chi connectivity index (χ1v) is 5.71. The fraction of sp³-hybridized carbons (Fsp3) is 0.538. The standard InChI is InChI=1S/C13H15F3/c14-11-6-10(7-12(15)8-11)9-13(16)4-2-1-3-5-13/h6-8H,1-5,9H2. The van der Waals surface area contributed by atoms with Gasteiger partial charge >= 0.3 is 0 Å². The van der Waals surface area contributed by atoms with Crippen LogP contribution in [0.1, 0.15) is 37.7 Å². The van der Waals surface area contributed by atoms with Crippen molar-refractivity contribution in [3.63, 3.8) is 0 Å². The van der Waals surface area contributed by atoms with E-state index >= 15 is 0 Å². The Hall–Kier alpha value is -0.990. The minimum atomic E-state index is -1.27. The van der Waals surface area contributed by atoms with E-state index in [4.69, 9.17) is 0 Å². The number of hydrogen-bond donors (Lipinski definition) is 0. The van der Waals surface area contributed by atoms with Crippen molar-refractivity contribution in [2.24, 2.45) is 0 Å². The van der Waals surface area contributed by atoms with Crippen LogP contribution in [0.4, 0.5) is 13.2 Å². The van der Waals surface area contributed by atoms with Crippen LogP contribution in [-0.2, 0) is 6.42 Å². The molecule has 0 aliphatic heterocycles. The monoisotopic (exact) mass is 228 g/mol. The Morgan fingerprint density at radius 3 is 2.06 bits per heavy atom. The maximum absolute atomic E-state index is 14.3. The highest BCUT2D eigenvalue weighted by molar-refractivity contribution is 5.20. The summed E-state index contributed by atoms with van der Waals surface area (Å²) >= 11 is 0. The van der Waals surface area contributed by atoms with Crippen LogP contribution >= 0.6 is 0 Å². The van der Waals surface area contributed by atoms with Crippen molar-refractivity contribution in [2.75, 3.05) is 0 Å². The van der Waals surface area contributed by atoms with Crippen LogP contribution in [0.5, 0.6) is 0 Å². The highest BCUT2D eigenvalue weighted by Crippen LogP contribution is 2.34. The van der Waals surface area contributed by atoms with Gasteiger partial charge in [0.05, 0.1) is 0 Å². The Balaban J connectivity index is 2.13. The molecule has 2 rings (SSSR count). The maximum Gasteiger partial charge on any atom is 0.126 e. The van der Waals surface area contributed by atoms with Gasteiger partial charge in [-0.05, 0) is 30.5 Å². The van der Waals surface area contributed by atoms with Crippen molar-refractivity contribution in [3.05, 3.63) is 35.4 Å². The summed E-state index contributed by atoms with van der Waals surface area (Å²) in [6, 6.07) is 3.26. The first-order valence-electron chi connectivity index (χ1n) is 5.71. The molecule has 0 heterocycles. The van der Waals surface area contributed by atoms with Crippen LogP contribution in [0, 0.1) is 11.6 Å². The number of hydrogen-bond acceptors (Lipinski definition) is 0. The molecule has 88 valence electrons. The summed E-state index contributed by atoms with van der Waals surface area (Å²) in [6.07, 6.45) is 3.93.